The lowest BCUT2D eigenvalue weighted by atomic mass is 10.1. The lowest BCUT2D eigenvalue weighted by molar-refractivity contribution is -0.385. The van der Waals surface area contributed by atoms with E-state index in [1.54, 1.807) is 6.07 Å². The van der Waals surface area contributed by atoms with Gasteiger partial charge in [-0.25, -0.2) is 0 Å². The topological polar surface area (TPSA) is 72.6 Å². The van der Waals surface area contributed by atoms with E-state index in [4.69, 9.17) is 4.74 Å². The van der Waals surface area contributed by atoms with Gasteiger partial charge in [0.05, 0.1) is 18.1 Å². The summed E-state index contributed by atoms with van der Waals surface area (Å²) in [5.74, 6) is 0.0956. The molecule has 0 saturated carbocycles. The van der Waals surface area contributed by atoms with Crippen molar-refractivity contribution in [3.63, 3.8) is 0 Å². The number of aliphatic hydroxyl groups is 1. The third kappa shape index (κ3) is 2.45. The zero-order chi connectivity index (χ0) is 11.6. The maximum Gasteiger partial charge on any atom is 0.312 e. The number of methoxy groups -OCH3 is 1. The number of halogens is 1. The Morgan fingerprint density at radius 3 is 2.60 bits per heavy atom. The molecule has 0 saturated heterocycles. The van der Waals surface area contributed by atoms with Crippen LogP contribution in [0.25, 0.3) is 0 Å². The van der Waals surface area contributed by atoms with Crippen LogP contribution in [0.4, 0.5) is 5.69 Å². The SMILES string of the molecule is COc1c([C@H](C)O)cc(Br)cc1[N+](=O)[O-]. The first-order valence-corrected chi connectivity index (χ1v) is 4.96. The first-order chi connectivity index (χ1) is 6.97. The molecule has 1 aromatic carbocycles. The quantitative estimate of drug-likeness (QED) is 0.679. The van der Waals surface area contributed by atoms with E-state index in [1.807, 2.05) is 0 Å². The van der Waals surface area contributed by atoms with E-state index in [-0.39, 0.29) is 11.4 Å². The molecule has 1 atom stereocenters. The van der Waals surface area contributed by atoms with Gasteiger partial charge in [-0.3, -0.25) is 10.1 Å². The molecule has 82 valence electrons. The van der Waals surface area contributed by atoms with Crippen molar-refractivity contribution in [1.82, 2.24) is 0 Å². The minimum atomic E-state index is -0.823. The normalized spacial score (nSPS) is 12.3. The van der Waals surface area contributed by atoms with Crippen molar-refractivity contribution in [3.05, 3.63) is 32.3 Å². The first-order valence-electron chi connectivity index (χ1n) is 4.17. The number of aliphatic hydroxyl groups excluding tert-OH is 1. The fraction of sp³-hybridized carbons (Fsp3) is 0.333. The summed E-state index contributed by atoms with van der Waals surface area (Å²) in [6, 6.07) is 2.93. The highest BCUT2D eigenvalue weighted by atomic mass is 79.9. The van der Waals surface area contributed by atoms with Gasteiger partial charge in [-0.15, -0.1) is 0 Å². The molecule has 1 aromatic rings. The highest BCUT2D eigenvalue weighted by Crippen LogP contribution is 2.37. The Morgan fingerprint density at radius 2 is 2.20 bits per heavy atom. The predicted molar refractivity (Wildman–Crippen MR) is 58.0 cm³/mol. The fourth-order valence-corrected chi connectivity index (χ4v) is 1.73. The molecule has 0 aliphatic heterocycles. The molecule has 0 fully saturated rings. The third-order valence-electron chi connectivity index (χ3n) is 1.91. The van der Waals surface area contributed by atoms with Crippen LogP contribution < -0.4 is 4.74 Å². The monoisotopic (exact) mass is 275 g/mol. The van der Waals surface area contributed by atoms with Crippen molar-refractivity contribution in [1.29, 1.82) is 0 Å². The van der Waals surface area contributed by atoms with Crippen LogP contribution in [0.1, 0.15) is 18.6 Å². The molecule has 0 unspecified atom stereocenters. The Hall–Kier alpha value is -1.14. The maximum atomic E-state index is 10.7. The van der Waals surface area contributed by atoms with Crippen molar-refractivity contribution in [2.45, 2.75) is 13.0 Å². The van der Waals surface area contributed by atoms with Crippen LogP contribution in [0.5, 0.6) is 5.75 Å². The maximum absolute atomic E-state index is 10.7. The van der Waals surface area contributed by atoms with Gasteiger partial charge in [0.25, 0.3) is 0 Å². The zero-order valence-corrected chi connectivity index (χ0v) is 9.82. The van der Waals surface area contributed by atoms with Gasteiger partial charge in [0.15, 0.2) is 0 Å². The number of nitro groups is 1. The van der Waals surface area contributed by atoms with E-state index < -0.39 is 11.0 Å². The summed E-state index contributed by atoms with van der Waals surface area (Å²) in [5.41, 5.74) is 0.223. The molecule has 5 nitrogen and oxygen atoms in total. The number of nitrogens with zero attached hydrogens (tertiary/aromatic N) is 1. The minimum Gasteiger partial charge on any atom is -0.490 e. The molecule has 1 rings (SSSR count). The largest absolute Gasteiger partial charge is 0.490 e. The number of hydrogen-bond donors (Lipinski definition) is 1. The molecule has 0 heterocycles. The van der Waals surface area contributed by atoms with Crippen molar-refractivity contribution in [2.24, 2.45) is 0 Å². The highest BCUT2D eigenvalue weighted by molar-refractivity contribution is 9.10. The Balaban J connectivity index is 3.45. The number of benzene rings is 1. The van der Waals surface area contributed by atoms with E-state index in [0.29, 0.717) is 10.0 Å². The van der Waals surface area contributed by atoms with Gasteiger partial charge in [0.1, 0.15) is 0 Å². The van der Waals surface area contributed by atoms with Gasteiger partial charge in [-0.2, -0.15) is 0 Å². The van der Waals surface area contributed by atoms with Crippen molar-refractivity contribution in [2.75, 3.05) is 7.11 Å². The Morgan fingerprint density at radius 1 is 1.60 bits per heavy atom. The highest BCUT2D eigenvalue weighted by Gasteiger charge is 2.22. The third-order valence-corrected chi connectivity index (χ3v) is 2.37. The molecule has 6 heteroatoms. The molecule has 0 amide bonds. The lowest BCUT2D eigenvalue weighted by Gasteiger charge is -2.11. The predicted octanol–water partition coefficient (Wildman–Crippen LogP) is 2.42. The van der Waals surface area contributed by atoms with Gasteiger partial charge in [0.2, 0.25) is 5.75 Å². The summed E-state index contributed by atoms with van der Waals surface area (Å²) in [6.07, 6.45) is -0.823. The molecule has 0 aliphatic carbocycles. The van der Waals surface area contributed by atoms with Crippen LogP contribution in [-0.2, 0) is 0 Å². The average molecular weight is 276 g/mol. The number of nitro benzene ring substituents is 1. The minimum absolute atomic E-state index is 0.0956. The fourth-order valence-electron chi connectivity index (χ4n) is 1.27. The number of rotatable bonds is 3. The van der Waals surface area contributed by atoms with E-state index in [2.05, 4.69) is 15.9 Å². The van der Waals surface area contributed by atoms with E-state index in [9.17, 15) is 15.2 Å². The second-order valence-electron chi connectivity index (χ2n) is 2.98. The summed E-state index contributed by atoms with van der Waals surface area (Å²) in [7, 11) is 1.34. The van der Waals surface area contributed by atoms with Gasteiger partial charge < -0.3 is 9.84 Å². The van der Waals surface area contributed by atoms with Crippen LogP contribution in [0, 0.1) is 10.1 Å². The molecular formula is C9H10BrNO4. The van der Waals surface area contributed by atoms with Crippen LogP contribution in [-0.4, -0.2) is 17.1 Å². The zero-order valence-electron chi connectivity index (χ0n) is 8.23. The van der Waals surface area contributed by atoms with Crippen molar-refractivity contribution in [3.8, 4) is 5.75 Å². The standard InChI is InChI=1S/C9H10BrNO4/c1-5(12)7-3-6(10)4-8(11(13)14)9(7)15-2/h3-5,12H,1-2H3/t5-/m0/s1. The Labute approximate surface area is 95.0 Å². The summed E-state index contributed by atoms with van der Waals surface area (Å²) < 4.78 is 5.46. The molecule has 1 N–H and O–H groups in total. The summed E-state index contributed by atoms with van der Waals surface area (Å²) >= 11 is 3.14. The second-order valence-corrected chi connectivity index (χ2v) is 3.90. The van der Waals surface area contributed by atoms with Gasteiger partial charge in [0, 0.05) is 16.1 Å². The number of hydrogen-bond acceptors (Lipinski definition) is 4. The van der Waals surface area contributed by atoms with E-state index >= 15 is 0 Å². The molecule has 0 spiro atoms. The van der Waals surface area contributed by atoms with Crippen molar-refractivity contribution >= 4 is 21.6 Å². The van der Waals surface area contributed by atoms with Crippen LogP contribution in [0.3, 0.4) is 0 Å². The Bertz CT molecular complexity index is 392. The van der Waals surface area contributed by atoms with Gasteiger partial charge in [-0.05, 0) is 13.0 Å². The summed E-state index contributed by atoms with van der Waals surface area (Å²) in [5, 5.41) is 20.2. The van der Waals surface area contributed by atoms with E-state index in [1.165, 1.54) is 20.1 Å². The van der Waals surface area contributed by atoms with Crippen LogP contribution in [0.15, 0.2) is 16.6 Å². The van der Waals surface area contributed by atoms with Crippen LogP contribution in [0.2, 0.25) is 0 Å². The van der Waals surface area contributed by atoms with Crippen molar-refractivity contribution < 1.29 is 14.8 Å². The molecule has 15 heavy (non-hydrogen) atoms. The summed E-state index contributed by atoms with van der Waals surface area (Å²) in [6.45, 7) is 1.52. The number of ether oxygens (including phenoxy) is 1. The molecule has 0 aromatic heterocycles. The van der Waals surface area contributed by atoms with Crippen LogP contribution >= 0.6 is 15.9 Å². The average Bonchev–Trinajstić information content (AvgIpc) is 2.16. The Kier molecular flexibility index (Phi) is 3.65. The second kappa shape index (κ2) is 4.59. The lowest BCUT2D eigenvalue weighted by Crippen LogP contribution is -2.01. The summed E-state index contributed by atoms with van der Waals surface area (Å²) in [4.78, 5) is 10.2. The smallest absolute Gasteiger partial charge is 0.312 e. The van der Waals surface area contributed by atoms with E-state index in [0.717, 1.165) is 0 Å². The first kappa shape index (κ1) is 11.9. The van der Waals surface area contributed by atoms with Gasteiger partial charge >= 0.3 is 5.69 Å². The molecule has 0 radical (unpaired) electrons. The molecule has 0 aliphatic rings. The molecule has 0 bridgehead atoms. The van der Waals surface area contributed by atoms with Gasteiger partial charge in [-0.1, -0.05) is 15.9 Å². The molecular weight excluding hydrogens is 266 g/mol.